The van der Waals surface area contributed by atoms with Gasteiger partial charge in [-0.05, 0) is 35.7 Å². The van der Waals surface area contributed by atoms with Gasteiger partial charge in [-0.2, -0.15) is 0 Å². The van der Waals surface area contributed by atoms with Crippen molar-refractivity contribution in [3.8, 4) is 11.1 Å². The highest BCUT2D eigenvalue weighted by atomic mass is 16.4. The first-order chi connectivity index (χ1) is 8.52. The Balaban J connectivity index is 2.70. The van der Waals surface area contributed by atoms with Crippen LogP contribution in [0.15, 0.2) is 36.4 Å². The number of hydrogen-bond donors (Lipinski definition) is 3. The molecule has 0 saturated carbocycles. The fourth-order valence-electron chi connectivity index (χ4n) is 1.95. The molecule has 2 aromatic carbocycles. The Morgan fingerprint density at radius 1 is 1.06 bits per heavy atom. The largest absolute Gasteiger partial charge is 0.478 e. The Kier molecular flexibility index (Phi) is 2.93. The Labute approximate surface area is 105 Å². The number of anilines is 2. The molecule has 4 nitrogen and oxygen atoms in total. The molecule has 0 aliphatic carbocycles. The molecule has 18 heavy (non-hydrogen) atoms. The van der Waals surface area contributed by atoms with E-state index in [2.05, 4.69) is 0 Å². The zero-order valence-corrected chi connectivity index (χ0v) is 9.97. The van der Waals surface area contributed by atoms with Crippen molar-refractivity contribution in [3.63, 3.8) is 0 Å². The van der Waals surface area contributed by atoms with E-state index < -0.39 is 5.97 Å². The summed E-state index contributed by atoms with van der Waals surface area (Å²) < 4.78 is 0. The zero-order chi connectivity index (χ0) is 13.3. The SMILES string of the molecule is Cc1c(-c2ccccc2C(=O)O)ccc(N)c1N. The number of rotatable bonds is 2. The van der Waals surface area contributed by atoms with Crippen LogP contribution in [0.2, 0.25) is 0 Å². The third kappa shape index (κ3) is 1.88. The highest BCUT2D eigenvalue weighted by Crippen LogP contribution is 2.32. The van der Waals surface area contributed by atoms with E-state index in [9.17, 15) is 9.90 Å². The lowest BCUT2D eigenvalue weighted by atomic mass is 9.94. The monoisotopic (exact) mass is 242 g/mol. The first kappa shape index (κ1) is 12.0. The van der Waals surface area contributed by atoms with Gasteiger partial charge in [-0.15, -0.1) is 0 Å². The topological polar surface area (TPSA) is 89.3 Å². The molecular weight excluding hydrogens is 228 g/mol. The quantitative estimate of drug-likeness (QED) is 0.706. The van der Waals surface area contributed by atoms with Gasteiger partial charge < -0.3 is 16.6 Å². The molecule has 0 fully saturated rings. The van der Waals surface area contributed by atoms with Gasteiger partial charge in [0.2, 0.25) is 0 Å². The molecule has 0 unspecified atom stereocenters. The van der Waals surface area contributed by atoms with E-state index >= 15 is 0 Å². The molecule has 0 amide bonds. The van der Waals surface area contributed by atoms with Crippen LogP contribution in [0.3, 0.4) is 0 Å². The van der Waals surface area contributed by atoms with E-state index in [-0.39, 0.29) is 5.56 Å². The average Bonchev–Trinajstić information content (AvgIpc) is 2.36. The number of hydrogen-bond acceptors (Lipinski definition) is 3. The molecule has 0 radical (unpaired) electrons. The number of carbonyl (C=O) groups is 1. The Morgan fingerprint density at radius 2 is 1.72 bits per heavy atom. The summed E-state index contributed by atoms with van der Waals surface area (Å²) in [7, 11) is 0. The van der Waals surface area contributed by atoms with Crippen molar-refractivity contribution in [3.05, 3.63) is 47.5 Å². The molecule has 0 saturated heterocycles. The van der Waals surface area contributed by atoms with Crippen LogP contribution in [0.4, 0.5) is 11.4 Å². The third-order valence-electron chi connectivity index (χ3n) is 3.00. The highest BCUT2D eigenvalue weighted by Gasteiger charge is 2.14. The van der Waals surface area contributed by atoms with Gasteiger partial charge in [-0.25, -0.2) is 4.79 Å². The lowest BCUT2D eigenvalue weighted by molar-refractivity contribution is 0.0698. The smallest absolute Gasteiger partial charge is 0.336 e. The van der Waals surface area contributed by atoms with Gasteiger partial charge in [0.15, 0.2) is 0 Å². The summed E-state index contributed by atoms with van der Waals surface area (Å²) >= 11 is 0. The normalized spacial score (nSPS) is 10.3. The minimum Gasteiger partial charge on any atom is -0.478 e. The van der Waals surface area contributed by atoms with Crippen molar-refractivity contribution in [1.82, 2.24) is 0 Å². The van der Waals surface area contributed by atoms with Crippen LogP contribution < -0.4 is 11.5 Å². The third-order valence-corrected chi connectivity index (χ3v) is 3.00. The Hall–Kier alpha value is -2.49. The molecule has 5 N–H and O–H groups in total. The number of benzene rings is 2. The first-order valence-corrected chi connectivity index (χ1v) is 5.49. The second kappa shape index (κ2) is 4.41. The summed E-state index contributed by atoms with van der Waals surface area (Å²) in [6, 6.07) is 10.3. The van der Waals surface area contributed by atoms with E-state index in [1.165, 1.54) is 0 Å². The maximum atomic E-state index is 11.2. The van der Waals surface area contributed by atoms with Crippen molar-refractivity contribution >= 4 is 17.3 Å². The Bertz CT molecular complexity index is 621. The highest BCUT2D eigenvalue weighted by molar-refractivity contribution is 5.97. The molecule has 0 atom stereocenters. The number of nitrogens with two attached hydrogens (primary N) is 2. The second-order valence-corrected chi connectivity index (χ2v) is 4.09. The number of carboxylic acid groups (broad SMARTS) is 1. The minimum atomic E-state index is -0.958. The molecule has 4 heteroatoms. The van der Waals surface area contributed by atoms with Gasteiger partial charge >= 0.3 is 5.97 Å². The summed E-state index contributed by atoms with van der Waals surface area (Å²) in [5, 5.41) is 9.19. The van der Waals surface area contributed by atoms with Gasteiger partial charge in [-0.3, -0.25) is 0 Å². The molecule has 2 aromatic rings. The summed E-state index contributed by atoms with van der Waals surface area (Å²) in [6.45, 7) is 1.83. The average molecular weight is 242 g/mol. The maximum absolute atomic E-state index is 11.2. The van der Waals surface area contributed by atoms with Gasteiger partial charge in [0, 0.05) is 0 Å². The molecule has 0 bridgehead atoms. The fourth-order valence-corrected chi connectivity index (χ4v) is 1.95. The first-order valence-electron chi connectivity index (χ1n) is 5.49. The Morgan fingerprint density at radius 3 is 2.39 bits per heavy atom. The van der Waals surface area contributed by atoms with Crippen molar-refractivity contribution < 1.29 is 9.90 Å². The molecule has 2 rings (SSSR count). The lowest BCUT2D eigenvalue weighted by Crippen LogP contribution is -2.02. The van der Waals surface area contributed by atoms with Crippen LogP contribution in [0.25, 0.3) is 11.1 Å². The molecular formula is C14H14N2O2. The van der Waals surface area contributed by atoms with E-state index in [1.54, 1.807) is 36.4 Å². The van der Waals surface area contributed by atoms with Gasteiger partial charge in [0.25, 0.3) is 0 Å². The molecule has 0 aliphatic rings. The van der Waals surface area contributed by atoms with Crippen molar-refractivity contribution in [1.29, 1.82) is 0 Å². The lowest BCUT2D eigenvalue weighted by Gasteiger charge is -2.12. The standard InChI is InChI=1S/C14H14N2O2/c1-8-9(6-7-12(15)13(8)16)10-4-2-3-5-11(10)14(17)18/h2-7H,15-16H2,1H3,(H,17,18). The molecule has 0 heterocycles. The van der Waals surface area contributed by atoms with Crippen molar-refractivity contribution in [2.24, 2.45) is 0 Å². The number of nitrogen functional groups attached to an aromatic ring is 2. The van der Waals surface area contributed by atoms with Gasteiger partial charge in [0.1, 0.15) is 0 Å². The predicted octanol–water partition coefficient (Wildman–Crippen LogP) is 2.52. The van der Waals surface area contributed by atoms with Crippen LogP contribution in [-0.2, 0) is 0 Å². The van der Waals surface area contributed by atoms with Crippen LogP contribution in [0.5, 0.6) is 0 Å². The van der Waals surface area contributed by atoms with Crippen LogP contribution in [-0.4, -0.2) is 11.1 Å². The van der Waals surface area contributed by atoms with E-state index in [0.717, 1.165) is 11.1 Å². The summed E-state index contributed by atoms with van der Waals surface area (Å²) in [5.74, 6) is -0.958. The fraction of sp³-hybridized carbons (Fsp3) is 0.0714. The maximum Gasteiger partial charge on any atom is 0.336 e. The van der Waals surface area contributed by atoms with Crippen molar-refractivity contribution in [2.45, 2.75) is 6.92 Å². The number of aromatic carboxylic acids is 1. The van der Waals surface area contributed by atoms with E-state index in [1.807, 2.05) is 6.92 Å². The molecule has 92 valence electrons. The van der Waals surface area contributed by atoms with Crippen LogP contribution in [0, 0.1) is 6.92 Å². The van der Waals surface area contributed by atoms with E-state index in [0.29, 0.717) is 16.9 Å². The predicted molar refractivity (Wildman–Crippen MR) is 72.4 cm³/mol. The second-order valence-electron chi connectivity index (χ2n) is 4.09. The van der Waals surface area contributed by atoms with Crippen LogP contribution >= 0.6 is 0 Å². The zero-order valence-electron chi connectivity index (χ0n) is 9.97. The minimum absolute atomic E-state index is 0.254. The molecule has 0 aliphatic heterocycles. The molecule has 0 aromatic heterocycles. The molecule has 0 spiro atoms. The summed E-state index contributed by atoms with van der Waals surface area (Å²) in [6.07, 6.45) is 0. The van der Waals surface area contributed by atoms with Gasteiger partial charge in [0.05, 0.1) is 16.9 Å². The summed E-state index contributed by atoms with van der Waals surface area (Å²) in [5.41, 5.74) is 15.1. The number of carboxylic acids is 1. The summed E-state index contributed by atoms with van der Waals surface area (Å²) in [4.78, 5) is 11.2. The van der Waals surface area contributed by atoms with Gasteiger partial charge in [-0.1, -0.05) is 24.3 Å². The van der Waals surface area contributed by atoms with Crippen LogP contribution in [0.1, 0.15) is 15.9 Å². The van der Waals surface area contributed by atoms with E-state index in [4.69, 9.17) is 11.5 Å². The van der Waals surface area contributed by atoms with Crippen molar-refractivity contribution in [2.75, 3.05) is 11.5 Å².